The monoisotopic (exact) mass is 670 g/mol. The second kappa shape index (κ2) is 15.3. The number of unbranched alkanes of at least 4 members (excludes halogenated alkanes) is 1. The van der Waals surface area contributed by atoms with E-state index in [1.807, 2.05) is 29.5 Å². The maximum absolute atomic E-state index is 14.7. The molecular weight excluding hydrogens is 634 g/mol. The predicted octanol–water partition coefficient (Wildman–Crippen LogP) is 3.07. The number of aliphatic hydroxyl groups is 3. The third kappa shape index (κ3) is 7.93. The molecular formula is C29H36FIN2O7. The molecule has 3 rings (SSSR count). The molecule has 2 amide bonds. The maximum atomic E-state index is 14.7. The summed E-state index contributed by atoms with van der Waals surface area (Å²) in [5.41, 5.74) is 1.15. The molecule has 9 nitrogen and oxygen atoms in total. The highest BCUT2D eigenvalue weighted by Crippen LogP contribution is 2.37. The van der Waals surface area contributed by atoms with Crippen molar-refractivity contribution in [1.29, 1.82) is 0 Å². The number of aliphatic hydroxyl groups excluding tert-OH is 3. The number of rotatable bonds is 13. The minimum atomic E-state index is -1.27. The van der Waals surface area contributed by atoms with E-state index in [1.54, 1.807) is 30.3 Å². The lowest BCUT2D eigenvalue weighted by atomic mass is 9.87. The Hall–Kier alpha value is -2.74. The Labute approximate surface area is 247 Å². The molecule has 0 fully saturated rings. The summed E-state index contributed by atoms with van der Waals surface area (Å²) in [5, 5.41) is 33.0. The van der Waals surface area contributed by atoms with Gasteiger partial charge in [0.2, 0.25) is 11.8 Å². The number of hydrogen-bond donors (Lipinski definition) is 4. The van der Waals surface area contributed by atoms with Gasteiger partial charge in [-0.1, -0.05) is 31.5 Å². The zero-order chi connectivity index (χ0) is 29.2. The van der Waals surface area contributed by atoms with Crippen LogP contribution in [0.15, 0.2) is 48.0 Å². The molecule has 4 N–H and O–H groups in total. The lowest BCUT2D eigenvalue weighted by molar-refractivity contribution is -0.139. The maximum Gasteiger partial charge on any atom is 0.247 e. The van der Waals surface area contributed by atoms with Crippen LogP contribution in [0.5, 0.6) is 11.5 Å². The van der Waals surface area contributed by atoms with E-state index in [0.29, 0.717) is 27.1 Å². The number of amides is 2. The molecule has 218 valence electrons. The molecule has 0 bridgehead atoms. The summed E-state index contributed by atoms with van der Waals surface area (Å²) < 4.78 is 27.0. The van der Waals surface area contributed by atoms with Crippen molar-refractivity contribution < 1.29 is 38.8 Å². The third-order valence-corrected chi connectivity index (χ3v) is 7.50. The molecule has 1 aliphatic rings. The summed E-state index contributed by atoms with van der Waals surface area (Å²) in [6.45, 7) is 1.42. The molecule has 0 aromatic heterocycles. The van der Waals surface area contributed by atoms with Gasteiger partial charge >= 0.3 is 0 Å². The van der Waals surface area contributed by atoms with E-state index >= 15 is 0 Å². The van der Waals surface area contributed by atoms with Gasteiger partial charge in [0.25, 0.3) is 0 Å². The van der Waals surface area contributed by atoms with E-state index in [-0.39, 0.29) is 56.2 Å². The summed E-state index contributed by atoms with van der Waals surface area (Å²) in [4.78, 5) is 27.9. The summed E-state index contributed by atoms with van der Waals surface area (Å²) in [6.07, 6.45) is 0.743. The van der Waals surface area contributed by atoms with Gasteiger partial charge in [-0.15, -0.1) is 0 Å². The highest BCUT2D eigenvalue weighted by molar-refractivity contribution is 14.1. The van der Waals surface area contributed by atoms with Crippen LogP contribution in [0.25, 0.3) is 0 Å². The van der Waals surface area contributed by atoms with Crippen molar-refractivity contribution in [2.24, 2.45) is 0 Å². The Morgan fingerprint density at radius 1 is 1.23 bits per heavy atom. The molecule has 2 aromatic rings. The van der Waals surface area contributed by atoms with Crippen LogP contribution in [-0.2, 0) is 22.7 Å². The number of nitrogens with one attached hydrogen (secondary N) is 1. The number of hydrogen-bond acceptors (Lipinski definition) is 7. The Morgan fingerprint density at radius 3 is 2.62 bits per heavy atom. The number of ether oxygens (including phenoxy) is 2. The van der Waals surface area contributed by atoms with Gasteiger partial charge in [-0.25, -0.2) is 4.39 Å². The van der Waals surface area contributed by atoms with Crippen molar-refractivity contribution in [3.05, 3.63) is 68.6 Å². The van der Waals surface area contributed by atoms with Gasteiger partial charge < -0.3 is 35.0 Å². The fourth-order valence-electron chi connectivity index (χ4n) is 4.57. The Kier molecular flexibility index (Phi) is 12.2. The van der Waals surface area contributed by atoms with E-state index < -0.39 is 30.0 Å². The van der Waals surface area contributed by atoms with Crippen molar-refractivity contribution in [3.63, 3.8) is 0 Å². The minimum absolute atomic E-state index is 0.00227. The summed E-state index contributed by atoms with van der Waals surface area (Å²) in [7, 11) is 1.45. The van der Waals surface area contributed by atoms with Crippen molar-refractivity contribution in [2.45, 2.75) is 64.0 Å². The Balaban J connectivity index is 2.04. The molecule has 0 saturated heterocycles. The van der Waals surface area contributed by atoms with Crippen LogP contribution < -0.4 is 14.8 Å². The first-order valence-electron chi connectivity index (χ1n) is 13.2. The second-order valence-corrected chi connectivity index (χ2v) is 10.7. The number of halogens is 2. The van der Waals surface area contributed by atoms with Crippen LogP contribution in [0.1, 0.15) is 43.7 Å². The van der Waals surface area contributed by atoms with Gasteiger partial charge in [-0.05, 0) is 58.9 Å². The first-order chi connectivity index (χ1) is 19.2. The molecule has 11 heteroatoms. The van der Waals surface area contributed by atoms with Crippen LogP contribution in [0, 0.1) is 9.39 Å². The molecule has 0 heterocycles. The SMILES string of the molecule is CCCCC(=O)N(Cc1ccccc1F)C1CC(C(=O)NCCO)=CC(Oc2c(I)cc(CO)cc2OC)C1O. The van der Waals surface area contributed by atoms with E-state index in [2.05, 4.69) is 5.32 Å². The molecule has 0 radical (unpaired) electrons. The molecule has 0 spiro atoms. The predicted molar refractivity (Wildman–Crippen MR) is 155 cm³/mol. The van der Waals surface area contributed by atoms with Crippen LogP contribution >= 0.6 is 22.6 Å². The van der Waals surface area contributed by atoms with Gasteiger partial charge in [-0.3, -0.25) is 9.59 Å². The fraction of sp³-hybridized carbons (Fsp3) is 0.448. The molecule has 1 aliphatic carbocycles. The Bertz CT molecular complexity index is 1210. The van der Waals surface area contributed by atoms with Crippen molar-refractivity contribution >= 4 is 34.4 Å². The van der Waals surface area contributed by atoms with Gasteiger partial charge in [0, 0.05) is 37.1 Å². The van der Waals surface area contributed by atoms with Crippen LogP contribution in [0.2, 0.25) is 0 Å². The van der Waals surface area contributed by atoms with Crippen LogP contribution in [-0.4, -0.2) is 70.5 Å². The molecule has 2 aromatic carbocycles. The van der Waals surface area contributed by atoms with Crippen LogP contribution in [0.3, 0.4) is 0 Å². The molecule has 3 atom stereocenters. The summed E-state index contributed by atoms with van der Waals surface area (Å²) >= 11 is 2.03. The lowest BCUT2D eigenvalue weighted by Crippen LogP contribution is -2.54. The zero-order valence-electron chi connectivity index (χ0n) is 22.6. The van der Waals surface area contributed by atoms with E-state index in [0.717, 1.165) is 6.42 Å². The number of benzene rings is 2. The summed E-state index contributed by atoms with van der Waals surface area (Å²) in [5.74, 6) is -0.594. The number of carbonyl (C=O) groups is 2. The number of methoxy groups -OCH3 is 1. The van der Waals surface area contributed by atoms with Crippen molar-refractivity contribution in [1.82, 2.24) is 10.2 Å². The highest BCUT2D eigenvalue weighted by Gasteiger charge is 2.41. The molecule has 0 saturated carbocycles. The quantitative estimate of drug-likeness (QED) is 0.241. The van der Waals surface area contributed by atoms with E-state index in [1.165, 1.54) is 24.2 Å². The molecule has 3 unspecified atom stereocenters. The topological polar surface area (TPSA) is 129 Å². The molecule has 0 aliphatic heterocycles. The third-order valence-electron chi connectivity index (χ3n) is 6.70. The molecule has 40 heavy (non-hydrogen) atoms. The first kappa shape index (κ1) is 31.8. The Morgan fingerprint density at radius 2 is 1.98 bits per heavy atom. The van der Waals surface area contributed by atoms with E-state index in [4.69, 9.17) is 9.47 Å². The fourth-order valence-corrected chi connectivity index (χ4v) is 5.36. The highest BCUT2D eigenvalue weighted by atomic mass is 127. The summed E-state index contributed by atoms with van der Waals surface area (Å²) in [6, 6.07) is 8.54. The normalized spacial score (nSPS) is 18.6. The van der Waals surface area contributed by atoms with Crippen molar-refractivity contribution in [3.8, 4) is 11.5 Å². The second-order valence-electron chi connectivity index (χ2n) is 9.50. The van der Waals surface area contributed by atoms with Gasteiger partial charge in [0.1, 0.15) is 18.0 Å². The smallest absolute Gasteiger partial charge is 0.247 e. The van der Waals surface area contributed by atoms with Crippen LogP contribution in [0.4, 0.5) is 4.39 Å². The minimum Gasteiger partial charge on any atom is -0.493 e. The standard InChI is InChI=1S/C29H36FIN2O7/c1-3-4-9-26(36)33(16-19-7-5-6-8-21(19)30)23-14-20(29(38)32-10-11-34)15-24(27(23)37)40-28-22(31)12-18(17-35)13-25(28)39-2/h5-8,12-13,15,23-24,27,34-35,37H,3-4,9-11,14,16-17H2,1-2H3,(H,32,38). The largest absolute Gasteiger partial charge is 0.493 e. The van der Waals surface area contributed by atoms with E-state index in [9.17, 15) is 29.3 Å². The zero-order valence-corrected chi connectivity index (χ0v) is 24.8. The van der Waals surface area contributed by atoms with Gasteiger partial charge in [0.05, 0.1) is 29.9 Å². The van der Waals surface area contributed by atoms with Gasteiger partial charge in [-0.2, -0.15) is 0 Å². The number of nitrogens with zero attached hydrogens (tertiary/aromatic N) is 1. The average Bonchev–Trinajstić information content (AvgIpc) is 2.96. The average molecular weight is 671 g/mol. The lowest BCUT2D eigenvalue weighted by Gasteiger charge is -2.41. The first-order valence-corrected chi connectivity index (χ1v) is 14.3. The van der Waals surface area contributed by atoms with Crippen molar-refractivity contribution in [2.75, 3.05) is 20.3 Å². The van der Waals surface area contributed by atoms with Gasteiger partial charge in [0.15, 0.2) is 11.5 Å². The number of carbonyl (C=O) groups excluding carboxylic acids is 2.